The maximum Gasteiger partial charge on any atom is 0.120 e. The first-order valence-corrected chi connectivity index (χ1v) is 6.79. The second kappa shape index (κ2) is 6.80. The fourth-order valence-electron chi connectivity index (χ4n) is 1.84. The number of nitrogens with two attached hydrogens (primary N) is 1. The van der Waals surface area contributed by atoms with Gasteiger partial charge in [-0.2, -0.15) is 0 Å². The van der Waals surface area contributed by atoms with Gasteiger partial charge < -0.3 is 10.5 Å². The summed E-state index contributed by atoms with van der Waals surface area (Å²) >= 11 is 12.1. The van der Waals surface area contributed by atoms with Crippen molar-refractivity contribution in [3.63, 3.8) is 0 Å². The molecule has 0 heterocycles. The van der Waals surface area contributed by atoms with Crippen molar-refractivity contribution in [2.45, 2.75) is 5.92 Å². The lowest BCUT2D eigenvalue weighted by atomic mass is 10.0. The molecule has 4 heteroatoms. The molecule has 2 rings (SSSR count). The molecule has 0 bridgehead atoms. The predicted molar refractivity (Wildman–Crippen MR) is 80.2 cm³/mol. The molecule has 0 spiro atoms. The average Bonchev–Trinajstić information content (AvgIpc) is 2.41. The highest BCUT2D eigenvalue weighted by molar-refractivity contribution is 6.31. The van der Waals surface area contributed by atoms with Gasteiger partial charge in [-0.15, -0.1) is 0 Å². The zero-order valence-electron chi connectivity index (χ0n) is 10.4. The first-order valence-electron chi connectivity index (χ1n) is 6.03. The number of benzene rings is 2. The van der Waals surface area contributed by atoms with E-state index in [0.717, 1.165) is 11.3 Å². The van der Waals surface area contributed by atoms with Crippen LogP contribution in [0.5, 0.6) is 5.75 Å². The Balaban J connectivity index is 2.06. The number of hydrogen-bond donors (Lipinski definition) is 1. The second-order valence-electron chi connectivity index (χ2n) is 4.22. The minimum absolute atomic E-state index is 0.0627. The smallest absolute Gasteiger partial charge is 0.120 e. The van der Waals surface area contributed by atoms with Gasteiger partial charge in [-0.3, -0.25) is 0 Å². The van der Waals surface area contributed by atoms with Crippen LogP contribution in [0.3, 0.4) is 0 Å². The fourth-order valence-corrected chi connectivity index (χ4v) is 2.31. The number of rotatable bonds is 5. The quantitative estimate of drug-likeness (QED) is 0.901. The molecule has 0 fully saturated rings. The zero-order valence-corrected chi connectivity index (χ0v) is 11.9. The van der Waals surface area contributed by atoms with Crippen molar-refractivity contribution in [2.75, 3.05) is 13.2 Å². The van der Waals surface area contributed by atoms with Gasteiger partial charge in [-0.25, -0.2) is 0 Å². The van der Waals surface area contributed by atoms with Crippen LogP contribution >= 0.6 is 23.2 Å². The van der Waals surface area contributed by atoms with Crippen molar-refractivity contribution in [2.24, 2.45) is 5.73 Å². The standard InChI is InChI=1S/C15H15Cl2NO/c16-12-4-3-5-13(8-12)19-10-11(9-18)14-6-1-2-7-15(14)17/h1-8,11H,9-10,18H2. The van der Waals surface area contributed by atoms with Crippen molar-refractivity contribution in [3.05, 3.63) is 64.1 Å². The van der Waals surface area contributed by atoms with Crippen molar-refractivity contribution >= 4 is 23.2 Å². The number of halogens is 2. The maximum absolute atomic E-state index is 6.17. The van der Waals surface area contributed by atoms with Crippen molar-refractivity contribution in [1.82, 2.24) is 0 Å². The summed E-state index contributed by atoms with van der Waals surface area (Å²) in [5, 5.41) is 1.37. The van der Waals surface area contributed by atoms with Crippen LogP contribution in [0.2, 0.25) is 10.0 Å². The summed E-state index contributed by atoms with van der Waals surface area (Å²) in [5.41, 5.74) is 6.81. The lowest BCUT2D eigenvalue weighted by Crippen LogP contribution is -2.20. The molecule has 2 N–H and O–H groups in total. The molecule has 19 heavy (non-hydrogen) atoms. The summed E-state index contributed by atoms with van der Waals surface area (Å²) in [5.74, 6) is 0.797. The minimum Gasteiger partial charge on any atom is -0.493 e. The third kappa shape index (κ3) is 3.87. The highest BCUT2D eigenvalue weighted by atomic mass is 35.5. The Kier molecular flexibility index (Phi) is 5.08. The van der Waals surface area contributed by atoms with E-state index in [1.54, 1.807) is 6.07 Å². The van der Waals surface area contributed by atoms with E-state index >= 15 is 0 Å². The largest absolute Gasteiger partial charge is 0.493 e. The van der Waals surface area contributed by atoms with Gasteiger partial charge in [0.1, 0.15) is 5.75 Å². The summed E-state index contributed by atoms with van der Waals surface area (Å²) in [7, 11) is 0. The third-order valence-electron chi connectivity index (χ3n) is 2.88. The Morgan fingerprint density at radius 1 is 1.05 bits per heavy atom. The van der Waals surface area contributed by atoms with E-state index in [2.05, 4.69) is 0 Å². The number of hydrogen-bond acceptors (Lipinski definition) is 2. The van der Waals surface area contributed by atoms with Gasteiger partial charge in [-0.05, 0) is 29.8 Å². The maximum atomic E-state index is 6.17. The highest BCUT2D eigenvalue weighted by Gasteiger charge is 2.13. The molecule has 0 amide bonds. The summed E-state index contributed by atoms with van der Waals surface area (Å²) in [6.07, 6.45) is 0. The lowest BCUT2D eigenvalue weighted by Gasteiger charge is -2.17. The molecule has 2 nitrogen and oxygen atoms in total. The molecule has 0 saturated heterocycles. The van der Waals surface area contributed by atoms with E-state index in [-0.39, 0.29) is 5.92 Å². The van der Waals surface area contributed by atoms with Crippen molar-refractivity contribution in [1.29, 1.82) is 0 Å². The van der Waals surface area contributed by atoms with E-state index in [9.17, 15) is 0 Å². The van der Waals surface area contributed by atoms with E-state index in [1.807, 2.05) is 42.5 Å². The van der Waals surface area contributed by atoms with Crippen LogP contribution in [0.4, 0.5) is 0 Å². The normalized spacial score (nSPS) is 12.2. The average molecular weight is 296 g/mol. The first kappa shape index (κ1) is 14.2. The van der Waals surface area contributed by atoms with Gasteiger partial charge in [-0.1, -0.05) is 47.5 Å². The highest BCUT2D eigenvalue weighted by Crippen LogP contribution is 2.25. The Hall–Kier alpha value is -1.22. The molecule has 2 aromatic carbocycles. The molecule has 2 aromatic rings. The summed E-state index contributed by atoms with van der Waals surface area (Å²) in [4.78, 5) is 0. The van der Waals surface area contributed by atoms with Crippen molar-refractivity contribution < 1.29 is 4.74 Å². The Morgan fingerprint density at radius 3 is 2.53 bits per heavy atom. The van der Waals surface area contributed by atoms with E-state index in [1.165, 1.54) is 0 Å². The molecule has 0 aliphatic rings. The van der Waals surface area contributed by atoms with Gasteiger partial charge >= 0.3 is 0 Å². The van der Waals surface area contributed by atoms with Gasteiger partial charge in [0, 0.05) is 22.5 Å². The predicted octanol–water partition coefficient (Wildman–Crippen LogP) is 4.11. The van der Waals surface area contributed by atoms with E-state index in [4.69, 9.17) is 33.7 Å². The van der Waals surface area contributed by atoms with Crippen LogP contribution in [0.1, 0.15) is 11.5 Å². The third-order valence-corrected chi connectivity index (χ3v) is 3.46. The van der Waals surface area contributed by atoms with Crippen molar-refractivity contribution in [3.8, 4) is 5.75 Å². The van der Waals surface area contributed by atoms with Crippen LogP contribution in [0.25, 0.3) is 0 Å². The lowest BCUT2D eigenvalue weighted by molar-refractivity contribution is 0.290. The monoisotopic (exact) mass is 295 g/mol. The summed E-state index contributed by atoms with van der Waals surface area (Å²) in [6.45, 7) is 0.949. The molecule has 1 atom stereocenters. The van der Waals surface area contributed by atoms with Crippen LogP contribution in [0, 0.1) is 0 Å². The van der Waals surface area contributed by atoms with Gasteiger partial charge in [0.05, 0.1) is 6.61 Å². The SMILES string of the molecule is NCC(COc1cccc(Cl)c1)c1ccccc1Cl. The molecular formula is C15H15Cl2NO. The Morgan fingerprint density at radius 2 is 1.84 bits per heavy atom. The molecule has 0 aromatic heterocycles. The minimum atomic E-state index is 0.0627. The van der Waals surface area contributed by atoms with Crippen LogP contribution in [-0.4, -0.2) is 13.2 Å². The zero-order chi connectivity index (χ0) is 13.7. The van der Waals surface area contributed by atoms with E-state index < -0.39 is 0 Å². The van der Waals surface area contributed by atoms with Crippen LogP contribution in [0.15, 0.2) is 48.5 Å². The summed E-state index contributed by atoms with van der Waals surface area (Å²) in [6, 6.07) is 15.0. The van der Waals surface area contributed by atoms with Gasteiger partial charge in [0.15, 0.2) is 0 Å². The van der Waals surface area contributed by atoms with E-state index in [0.29, 0.717) is 23.2 Å². The number of ether oxygens (including phenoxy) is 1. The van der Waals surface area contributed by atoms with Crippen LogP contribution in [-0.2, 0) is 0 Å². The topological polar surface area (TPSA) is 35.2 Å². The molecule has 0 saturated carbocycles. The van der Waals surface area contributed by atoms with Crippen LogP contribution < -0.4 is 10.5 Å². The molecular weight excluding hydrogens is 281 g/mol. The summed E-state index contributed by atoms with van der Waals surface area (Å²) < 4.78 is 5.73. The molecule has 100 valence electrons. The molecule has 1 unspecified atom stereocenters. The molecule has 0 radical (unpaired) electrons. The fraction of sp³-hybridized carbons (Fsp3) is 0.200. The van der Waals surface area contributed by atoms with Gasteiger partial charge in [0.2, 0.25) is 0 Å². The first-order chi connectivity index (χ1) is 9.20. The Bertz CT molecular complexity index is 545. The molecule has 0 aliphatic carbocycles. The van der Waals surface area contributed by atoms with Gasteiger partial charge in [0.25, 0.3) is 0 Å². The molecule has 0 aliphatic heterocycles. The Labute approximate surface area is 123 Å². The second-order valence-corrected chi connectivity index (χ2v) is 5.07.